The van der Waals surface area contributed by atoms with Crippen molar-refractivity contribution in [2.75, 3.05) is 5.32 Å². The molecule has 0 aliphatic heterocycles. The summed E-state index contributed by atoms with van der Waals surface area (Å²) < 4.78 is 1.19. The molecule has 1 N–H and O–H groups in total. The van der Waals surface area contributed by atoms with Gasteiger partial charge in [-0.05, 0) is 72.5 Å². The summed E-state index contributed by atoms with van der Waals surface area (Å²) in [7, 11) is 0. The Balaban J connectivity index is 2.05. The smallest absolute Gasteiger partial charge is 0.227 e. The van der Waals surface area contributed by atoms with E-state index in [1.54, 1.807) is 0 Å². The normalized spacial score (nSPS) is 19.1. The van der Waals surface area contributed by atoms with Crippen LogP contribution in [0.4, 0.5) is 5.69 Å². The molecule has 0 saturated heterocycles. The molecule has 1 aliphatic carbocycles. The summed E-state index contributed by atoms with van der Waals surface area (Å²) in [4.78, 5) is 12.1. The van der Waals surface area contributed by atoms with Gasteiger partial charge in [-0.2, -0.15) is 0 Å². The highest BCUT2D eigenvalue weighted by Crippen LogP contribution is 2.22. The van der Waals surface area contributed by atoms with Gasteiger partial charge in [0.15, 0.2) is 0 Å². The standard InChI is InChI=1S/C14H16INO/c1-10-9-12(15)7-8-13(10)16-14(17)11-5-3-2-4-6-11/h2-3,7-9,11H,4-6H2,1H3,(H,16,17). The third-order valence-electron chi connectivity index (χ3n) is 3.09. The summed E-state index contributed by atoms with van der Waals surface area (Å²) >= 11 is 2.28. The zero-order chi connectivity index (χ0) is 12.3. The van der Waals surface area contributed by atoms with Crippen molar-refractivity contribution in [1.29, 1.82) is 0 Å². The number of rotatable bonds is 2. The summed E-state index contributed by atoms with van der Waals surface area (Å²) in [6, 6.07) is 6.08. The molecule has 1 aromatic carbocycles. The molecule has 1 aromatic rings. The fourth-order valence-corrected chi connectivity index (χ4v) is 2.68. The van der Waals surface area contributed by atoms with Gasteiger partial charge >= 0.3 is 0 Å². The Morgan fingerprint density at radius 3 is 2.88 bits per heavy atom. The van der Waals surface area contributed by atoms with Crippen LogP contribution in [0.1, 0.15) is 24.8 Å². The number of benzene rings is 1. The maximum absolute atomic E-state index is 12.1. The summed E-state index contributed by atoms with van der Waals surface area (Å²) in [6.45, 7) is 2.03. The Hall–Kier alpha value is -0.840. The molecule has 1 aliphatic rings. The minimum Gasteiger partial charge on any atom is -0.326 e. The molecular weight excluding hydrogens is 325 g/mol. The van der Waals surface area contributed by atoms with Crippen molar-refractivity contribution in [3.63, 3.8) is 0 Å². The third kappa shape index (κ3) is 3.31. The Kier molecular flexibility index (Phi) is 4.20. The molecule has 2 rings (SSSR count). The molecule has 1 amide bonds. The van der Waals surface area contributed by atoms with E-state index >= 15 is 0 Å². The minimum atomic E-state index is 0.138. The van der Waals surface area contributed by atoms with Gasteiger partial charge in [-0.1, -0.05) is 12.2 Å². The SMILES string of the molecule is Cc1cc(I)ccc1NC(=O)C1CC=CCC1. The number of hydrogen-bond acceptors (Lipinski definition) is 1. The fourth-order valence-electron chi connectivity index (χ4n) is 2.03. The molecular formula is C14H16INO. The van der Waals surface area contributed by atoms with Crippen molar-refractivity contribution >= 4 is 34.2 Å². The van der Waals surface area contributed by atoms with Crippen LogP contribution in [0.5, 0.6) is 0 Å². The van der Waals surface area contributed by atoms with Crippen LogP contribution in [-0.2, 0) is 4.79 Å². The maximum atomic E-state index is 12.1. The van der Waals surface area contributed by atoms with E-state index in [1.165, 1.54) is 3.57 Å². The topological polar surface area (TPSA) is 29.1 Å². The minimum absolute atomic E-state index is 0.138. The second-order valence-corrected chi connectivity index (χ2v) is 5.68. The van der Waals surface area contributed by atoms with Crippen LogP contribution in [0.3, 0.4) is 0 Å². The molecule has 2 nitrogen and oxygen atoms in total. The number of hydrogen-bond donors (Lipinski definition) is 1. The maximum Gasteiger partial charge on any atom is 0.227 e. The van der Waals surface area contributed by atoms with E-state index in [-0.39, 0.29) is 11.8 Å². The molecule has 1 atom stereocenters. The quantitative estimate of drug-likeness (QED) is 0.642. The Labute approximate surface area is 116 Å². The number of anilines is 1. The van der Waals surface area contributed by atoms with E-state index in [1.807, 2.05) is 19.1 Å². The zero-order valence-corrected chi connectivity index (χ0v) is 12.0. The van der Waals surface area contributed by atoms with Crippen molar-refractivity contribution in [3.8, 4) is 0 Å². The van der Waals surface area contributed by atoms with Crippen molar-refractivity contribution in [2.45, 2.75) is 26.2 Å². The van der Waals surface area contributed by atoms with Crippen LogP contribution in [0.15, 0.2) is 30.4 Å². The van der Waals surface area contributed by atoms with E-state index in [2.05, 4.69) is 46.1 Å². The molecule has 1 unspecified atom stereocenters. The highest BCUT2D eigenvalue weighted by atomic mass is 127. The number of carbonyl (C=O) groups is 1. The van der Waals surface area contributed by atoms with Gasteiger partial charge in [-0.25, -0.2) is 0 Å². The van der Waals surface area contributed by atoms with E-state index in [4.69, 9.17) is 0 Å². The summed E-state index contributed by atoms with van der Waals surface area (Å²) in [5, 5.41) is 3.03. The first kappa shape index (κ1) is 12.6. The summed E-state index contributed by atoms with van der Waals surface area (Å²) in [5.74, 6) is 0.289. The number of amides is 1. The van der Waals surface area contributed by atoms with E-state index in [0.29, 0.717) is 0 Å². The first-order chi connectivity index (χ1) is 8.16. The molecule has 0 bridgehead atoms. The molecule has 0 spiro atoms. The zero-order valence-electron chi connectivity index (χ0n) is 9.87. The lowest BCUT2D eigenvalue weighted by molar-refractivity contribution is -0.120. The number of nitrogens with one attached hydrogen (secondary N) is 1. The van der Waals surface area contributed by atoms with Crippen molar-refractivity contribution in [1.82, 2.24) is 0 Å². The van der Waals surface area contributed by atoms with Crippen molar-refractivity contribution < 1.29 is 4.79 Å². The Bertz CT molecular complexity index is 454. The van der Waals surface area contributed by atoms with Gasteiger partial charge in [0, 0.05) is 15.2 Å². The lowest BCUT2D eigenvalue weighted by Gasteiger charge is -2.18. The van der Waals surface area contributed by atoms with Crippen LogP contribution in [0.2, 0.25) is 0 Å². The first-order valence-corrected chi connectivity index (χ1v) is 6.96. The van der Waals surface area contributed by atoms with Gasteiger partial charge < -0.3 is 5.32 Å². The van der Waals surface area contributed by atoms with E-state index in [0.717, 1.165) is 30.5 Å². The summed E-state index contributed by atoms with van der Waals surface area (Å²) in [5.41, 5.74) is 2.06. The van der Waals surface area contributed by atoms with Gasteiger partial charge in [0.1, 0.15) is 0 Å². The Morgan fingerprint density at radius 2 is 2.24 bits per heavy atom. The van der Waals surface area contributed by atoms with Gasteiger partial charge in [-0.3, -0.25) is 4.79 Å². The largest absolute Gasteiger partial charge is 0.326 e. The van der Waals surface area contributed by atoms with E-state index in [9.17, 15) is 4.79 Å². The number of aryl methyl sites for hydroxylation is 1. The molecule has 3 heteroatoms. The van der Waals surface area contributed by atoms with Crippen LogP contribution in [-0.4, -0.2) is 5.91 Å². The number of carbonyl (C=O) groups excluding carboxylic acids is 1. The predicted octanol–water partition coefficient (Wildman–Crippen LogP) is 3.89. The second-order valence-electron chi connectivity index (χ2n) is 4.43. The third-order valence-corrected chi connectivity index (χ3v) is 3.76. The first-order valence-electron chi connectivity index (χ1n) is 5.89. The van der Waals surface area contributed by atoms with Gasteiger partial charge in [0.05, 0.1) is 0 Å². The monoisotopic (exact) mass is 341 g/mol. The van der Waals surface area contributed by atoms with Crippen LogP contribution >= 0.6 is 22.6 Å². The molecule has 0 heterocycles. The van der Waals surface area contributed by atoms with Crippen LogP contribution in [0.25, 0.3) is 0 Å². The van der Waals surface area contributed by atoms with Crippen molar-refractivity contribution in [3.05, 3.63) is 39.5 Å². The molecule has 0 radical (unpaired) electrons. The van der Waals surface area contributed by atoms with Gasteiger partial charge in [-0.15, -0.1) is 0 Å². The fraction of sp³-hybridized carbons (Fsp3) is 0.357. The molecule has 0 saturated carbocycles. The highest BCUT2D eigenvalue weighted by molar-refractivity contribution is 14.1. The Morgan fingerprint density at radius 1 is 1.41 bits per heavy atom. The van der Waals surface area contributed by atoms with Gasteiger partial charge in [0.2, 0.25) is 5.91 Å². The average Bonchev–Trinajstić information content (AvgIpc) is 2.34. The highest BCUT2D eigenvalue weighted by Gasteiger charge is 2.18. The molecule has 0 aromatic heterocycles. The number of halogens is 1. The van der Waals surface area contributed by atoms with Gasteiger partial charge in [0.25, 0.3) is 0 Å². The summed E-state index contributed by atoms with van der Waals surface area (Å²) in [6.07, 6.45) is 7.11. The second kappa shape index (κ2) is 5.67. The lowest BCUT2D eigenvalue weighted by Crippen LogP contribution is -2.23. The lowest BCUT2D eigenvalue weighted by atomic mass is 9.93. The molecule has 90 valence electrons. The van der Waals surface area contributed by atoms with Crippen LogP contribution in [0, 0.1) is 16.4 Å². The van der Waals surface area contributed by atoms with Crippen LogP contribution < -0.4 is 5.32 Å². The van der Waals surface area contributed by atoms with E-state index < -0.39 is 0 Å². The molecule has 17 heavy (non-hydrogen) atoms. The predicted molar refractivity (Wildman–Crippen MR) is 79.0 cm³/mol. The van der Waals surface area contributed by atoms with Crippen molar-refractivity contribution in [2.24, 2.45) is 5.92 Å². The average molecular weight is 341 g/mol. The molecule has 0 fully saturated rings. The number of allylic oxidation sites excluding steroid dienone is 2.